The number of nitrogens with one attached hydrogen (secondary N) is 1. The molecule has 5 rings (SSSR count). The first-order valence-corrected chi connectivity index (χ1v) is 9.48. The lowest BCUT2D eigenvalue weighted by atomic mass is 9.98. The first-order valence-electron chi connectivity index (χ1n) is 9.48. The molecule has 1 saturated carbocycles. The van der Waals surface area contributed by atoms with Crippen molar-refractivity contribution in [2.45, 2.75) is 24.7 Å². The monoisotopic (exact) mass is 390 g/mol. The Morgan fingerprint density at radius 3 is 2.28 bits per heavy atom. The molecular weight excluding hydrogens is 372 g/mol. The lowest BCUT2D eigenvalue weighted by Crippen LogP contribution is -2.18. The van der Waals surface area contributed by atoms with Gasteiger partial charge in [-0.25, -0.2) is 9.59 Å². The summed E-state index contributed by atoms with van der Waals surface area (Å²) in [5, 5.41) is 15.4. The third-order valence-electron chi connectivity index (χ3n) is 5.48. The number of fused-ring (bicyclic) bond motifs is 3. The number of anilines is 1. The number of benzene rings is 2. The van der Waals surface area contributed by atoms with Crippen LogP contribution in [0.1, 0.15) is 51.9 Å². The van der Waals surface area contributed by atoms with Crippen molar-refractivity contribution in [1.82, 2.24) is 5.16 Å². The molecule has 0 radical (unpaired) electrons. The molecule has 146 valence electrons. The van der Waals surface area contributed by atoms with E-state index in [2.05, 4.69) is 22.6 Å². The molecule has 0 saturated heterocycles. The molecule has 0 unspecified atom stereocenters. The zero-order valence-electron chi connectivity index (χ0n) is 15.4. The Balaban J connectivity index is 1.33. The minimum absolute atomic E-state index is 0.0521. The van der Waals surface area contributed by atoms with Crippen LogP contribution in [0.2, 0.25) is 0 Å². The molecule has 2 N–H and O–H groups in total. The molecule has 2 aliphatic rings. The second kappa shape index (κ2) is 6.77. The summed E-state index contributed by atoms with van der Waals surface area (Å²) in [7, 11) is 0. The number of carboxylic acids is 1. The van der Waals surface area contributed by atoms with E-state index in [1.54, 1.807) is 0 Å². The summed E-state index contributed by atoms with van der Waals surface area (Å²) >= 11 is 0. The van der Waals surface area contributed by atoms with Crippen molar-refractivity contribution in [2.24, 2.45) is 0 Å². The highest BCUT2D eigenvalue weighted by Crippen LogP contribution is 2.46. The van der Waals surface area contributed by atoms with Gasteiger partial charge in [0.05, 0.1) is 5.56 Å². The third-order valence-corrected chi connectivity index (χ3v) is 5.48. The normalized spacial score (nSPS) is 14.9. The number of carbonyl (C=O) groups is 2. The minimum Gasteiger partial charge on any atom is -0.476 e. The van der Waals surface area contributed by atoms with Crippen LogP contribution in [0, 0.1) is 0 Å². The van der Waals surface area contributed by atoms with Crippen LogP contribution >= 0.6 is 0 Å². The van der Waals surface area contributed by atoms with Crippen LogP contribution in [0.15, 0.2) is 53.1 Å². The average Bonchev–Trinajstić information content (AvgIpc) is 3.40. The highest BCUT2D eigenvalue weighted by molar-refractivity contribution is 5.92. The molecule has 0 aliphatic heterocycles. The summed E-state index contributed by atoms with van der Waals surface area (Å²) in [4.78, 5) is 23.7. The van der Waals surface area contributed by atoms with Gasteiger partial charge in [0, 0.05) is 5.92 Å². The number of aromatic carboxylic acids is 1. The Kier molecular flexibility index (Phi) is 4.08. The topological polar surface area (TPSA) is 102 Å². The van der Waals surface area contributed by atoms with E-state index in [-0.39, 0.29) is 30.0 Å². The van der Waals surface area contributed by atoms with E-state index in [9.17, 15) is 14.7 Å². The van der Waals surface area contributed by atoms with Crippen molar-refractivity contribution in [2.75, 3.05) is 11.9 Å². The average molecular weight is 390 g/mol. The summed E-state index contributed by atoms with van der Waals surface area (Å²) in [6.07, 6.45) is 1.00. The van der Waals surface area contributed by atoms with Gasteiger partial charge in [-0.15, -0.1) is 0 Å². The highest BCUT2D eigenvalue weighted by Gasteiger charge is 2.36. The number of carbonyl (C=O) groups excluding carboxylic acids is 1. The number of hydrogen-bond donors (Lipinski definition) is 2. The molecule has 1 heterocycles. The number of hydrogen-bond acceptors (Lipinski definition) is 5. The number of aromatic nitrogens is 1. The lowest BCUT2D eigenvalue weighted by Gasteiger charge is -2.14. The summed E-state index contributed by atoms with van der Waals surface area (Å²) < 4.78 is 10.6. The fraction of sp³-hybridized carbons (Fsp3) is 0.227. The van der Waals surface area contributed by atoms with E-state index in [0.29, 0.717) is 5.56 Å². The molecule has 7 heteroatoms. The van der Waals surface area contributed by atoms with E-state index in [1.807, 2.05) is 36.4 Å². The molecule has 2 aromatic carbocycles. The SMILES string of the molecule is O=C(Nc1onc(C(=O)O)c1C1CC1)OCC1c2ccccc2-c2ccccc21. The molecule has 0 bridgehead atoms. The summed E-state index contributed by atoms with van der Waals surface area (Å²) in [5.74, 6) is -1.12. The standard InChI is InChI=1S/C22H18N2O5/c25-21(26)19-18(12-9-10-12)20(29-24-19)23-22(27)28-11-17-15-7-3-1-5-13(15)14-6-2-4-8-16(14)17/h1-8,12,17H,9-11H2,(H,23,27)(H,25,26). The molecule has 1 fully saturated rings. The fourth-order valence-electron chi connectivity index (χ4n) is 4.02. The first kappa shape index (κ1) is 17.5. The van der Waals surface area contributed by atoms with Crippen LogP contribution < -0.4 is 5.32 Å². The van der Waals surface area contributed by atoms with E-state index >= 15 is 0 Å². The van der Waals surface area contributed by atoms with Gasteiger partial charge in [-0.2, -0.15) is 0 Å². The van der Waals surface area contributed by atoms with Crippen molar-refractivity contribution in [1.29, 1.82) is 0 Å². The van der Waals surface area contributed by atoms with Gasteiger partial charge in [0.2, 0.25) is 5.88 Å². The molecule has 1 aromatic heterocycles. The van der Waals surface area contributed by atoms with Crippen LogP contribution in [0.25, 0.3) is 11.1 Å². The van der Waals surface area contributed by atoms with Gasteiger partial charge in [0.15, 0.2) is 5.69 Å². The number of nitrogens with zero attached hydrogens (tertiary/aromatic N) is 1. The van der Waals surface area contributed by atoms with E-state index in [4.69, 9.17) is 9.26 Å². The Hall–Kier alpha value is -3.61. The predicted molar refractivity (Wildman–Crippen MR) is 104 cm³/mol. The van der Waals surface area contributed by atoms with Crippen LogP contribution in [-0.2, 0) is 4.74 Å². The number of rotatable bonds is 5. The molecule has 7 nitrogen and oxygen atoms in total. The van der Waals surface area contributed by atoms with Gasteiger partial charge < -0.3 is 14.4 Å². The van der Waals surface area contributed by atoms with Crippen molar-refractivity contribution >= 4 is 17.9 Å². The number of amides is 1. The summed E-state index contributed by atoms with van der Waals surface area (Å²) in [6, 6.07) is 16.2. The molecule has 29 heavy (non-hydrogen) atoms. The third kappa shape index (κ3) is 3.04. The lowest BCUT2D eigenvalue weighted by molar-refractivity contribution is 0.0684. The Labute approximate surface area is 166 Å². The zero-order valence-corrected chi connectivity index (χ0v) is 15.4. The number of carboxylic acid groups (broad SMARTS) is 1. The van der Waals surface area contributed by atoms with Gasteiger partial charge >= 0.3 is 12.1 Å². The molecule has 0 spiro atoms. The fourth-order valence-corrected chi connectivity index (χ4v) is 4.02. The second-order valence-corrected chi connectivity index (χ2v) is 7.30. The van der Waals surface area contributed by atoms with Gasteiger partial charge in [-0.1, -0.05) is 53.7 Å². The zero-order chi connectivity index (χ0) is 20.0. The summed E-state index contributed by atoms with van der Waals surface area (Å²) in [6.45, 7) is 0.165. The largest absolute Gasteiger partial charge is 0.476 e. The van der Waals surface area contributed by atoms with E-state index in [0.717, 1.165) is 35.1 Å². The molecular formula is C22H18N2O5. The maximum Gasteiger partial charge on any atom is 0.414 e. The van der Waals surface area contributed by atoms with Crippen molar-refractivity contribution < 1.29 is 24.0 Å². The summed E-state index contributed by atoms with van der Waals surface area (Å²) in [5.41, 5.74) is 4.82. The van der Waals surface area contributed by atoms with Gasteiger partial charge in [0.1, 0.15) is 6.61 Å². The van der Waals surface area contributed by atoms with Crippen LogP contribution in [0.5, 0.6) is 0 Å². The second-order valence-electron chi connectivity index (χ2n) is 7.30. The number of ether oxygens (including phenoxy) is 1. The van der Waals surface area contributed by atoms with Crippen molar-refractivity contribution in [3.63, 3.8) is 0 Å². The first-order chi connectivity index (χ1) is 14.1. The maximum atomic E-state index is 12.4. The molecule has 3 aromatic rings. The van der Waals surface area contributed by atoms with Gasteiger partial charge in [-0.3, -0.25) is 5.32 Å². The molecule has 2 aliphatic carbocycles. The Bertz CT molecular complexity index is 1070. The van der Waals surface area contributed by atoms with Crippen molar-refractivity contribution in [3.05, 3.63) is 70.9 Å². The Morgan fingerprint density at radius 1 is 1.07 bits per heavy atom. The van der Waals surface area contributed by atoms with Gasteiger partial charge in [-0.05, 0) is 41.0 Å². The highest BCUT2D eigenvalue weighted by atomic mass is 16.6. The maximum absolute atomic E-state index is 12.4. The van der Waals surface area contributed by atoms with Crippen LogP contribution in [-0.4, -0.2) is 28.9 Å². The molecule has 1 amide bonds. The van der Waals surface area contributed by atoms with Crippen LogP contribution in [0.3, 0.4) is 0 Å². The predicted octanol–water partition coefficient (Wildman–Crippen LogP) is 4.61. The van der Waals surface area contributed by atoms with Crippen LogP contribution in [0.4, 0.5) is 10.7 Å². The van der Waals surface area contributed by atoms with E-state index in [1.165, 1.54) is 0 Å². The van der Waals surface area contributed by atoms with E-state index < -0.39 is 12.1 Å². The quantitative estimate of drug-likeness (QED) is 0.660. The minimum atomic E-state index is -1.17. The Morgan fingerprint density at radius 2 is 1.69 bits per heavy atom. The molecule has 0 atom stereocenters. The smallest absolute Gasteiger partial charge is 0.414 e. The van der Waals surface area contributed by atoms with Gasteiger partial charge in [0.25, 0.3) is 0 Å². The van der Waals surface area contributed by atoms with Crippen molar-refractivity contribution in [3.8, 4) is 11.1 Å².